The third kappa shape index (κ3) is 10.1. The van der Waals surface area contributed by atoms with Crippen molar-refractivity contribution in [3.8, 4) is 0 Å². The molecule has 0 rings (SSSR count). The van der Waals surface area contributed by atoms with Gasteiger partial charge < -0.3 is 20.2 Å². The van der Waals surface area contributed by atoms with Gasteiger partial charge in [0.25, 0.3) is 0 Å². The maximum absolute atomic E-state index is 12.4. The molecule has 0 aliphatic heterocycles. The highest BCUT2D eigenvalue weighted by molar-refractivity contribution is 5.75. The first-order chi connectivity index (χ1) is 9.53. The van der Waals surface area contributed by atoms with E-state index < -0.39 is 11.5 Å². The molecule has 6 nitrogen and oxygen atoms in total. The number of carbonyl (C=O) groups is 2. The van der Waals surface area contributed by atoms with Gasteiger partial charge in [-0.2, -0.15) is 0 Å². The number of nitrogens with one attached hydrogen (secondary N) is 1. The van der Waals surface area contributed by atoms with Crippen molar-refractivity contribution in [2.75, 3.05) is 33.7 Å². The molecule has 0 saturated heterocycles. The number of nitrogens with zero attached hydrogens (tertiary/aromatic N) is 2. The van der Waals surface area contributed by atoms with Crippen LogP contribution in [0.25, 0.3) is 0 Å². The number of aliphatic carboxylic acids is 1. The maximum Gasteiger partial charge on any atom is 0.317 e. The van der Waals surface area contributed by atoms with E-state index in [1.807, 2.05) is 32.8 Å². The van der Waals surface area contributed by atoms with Crippen LogP contribution in [0.5, 0.6) is 0 Å². The largest absolute Gasteiger partial charge is 0.481 e. The van der Waals surface area contributed by atoms with Gasteiger partial charge in [-0.05, 0) is 40.3 Å². The minimum atomic E-state index is -0.844. The van der Waals surface area contributed by atoms with Crippen LogP contribution >= 0.6 is 0 Å². The van der Waals surface area contributed by atoms with Gasteiger partial charge in [0.05, 0.1) is 0 Å². The Morgan fingerprint density at radius 1 is 1.19 bits per heavy atom. The fourth-order valence-corrected chi connectivity index (χ4v) is 1.89. The average Bonchev–Trinajstić information content (AvgIpc) is 2.30. The monoisotopic (exact) mass is 301 g/mol. The van der Waals surface area contributed by atoms with Gasteiger partial charge in [-0.25, -0.2) is 4.79 Å². The highest BCUT2D eigenvalue weighted by atomic mass is 16.4. The first-order valence-electron chi connectivity index (χ1n) is 7.47. The van der Waals surface area contributed by atoms with Gasteiger partial charge in [-0.3, -0.25) is 4.79 Å². The van der Waals surface area contributed by atoms with Gasteiger partial charge >= 0.3 is 12.0 Å². The zero-order valence-electron chi connectivity index (χ0n) is 14.3. The third-order valence-corrected chi connectivity index (χ3v) is 3.10. The summed E-state index contributed by atoms with van der Waals surface area (Å²) >= 11 is 0. The minimum absolute atomic E-state index is 0.0508. The second-order valence-electron chi connectivity index (χ2n) is 6.85. The Morgan fingerprint density at radius 2 is 1.76 bits per heavy atom. The lowest BCUT2D eigenvalue weighted by atomic mass is 9.98. The normalized spacial score (nSPS) is 11.8. The van der Waals surface area contributed by atoms with Crippen molar-refractivity contribution in [3.05, 3.63) is 0 Å². The third-order valence-electron chi connectivity index (χ3n) is 3.10. The van der Waals surface area contributed by atoms with Gasteiger partial charge in [-0.15, -0.1) is 0 Å². The molecule has 124 valence electrons. The smallest absolute Gasteiger partial charge is 0.317 e. The van der Waals surface area contributed by atoms with Crippen molar-refractivity contribution in [2.45, 2.75) is 46.1 Å². The van der Waals surface area contributed by atoms with E-state index in [9.17, 15) is 9.59 Å². The van der Waals surface area contributed by atoms with Crippen LogP contribution in [0.2, 0.25) is 0 Å². The first kappa shape index (κ1) is 19.7. The van der Waals surface area contributed by atoms with Crippen molar-refractivity contribution in [3.63, 3.8) is 0 Å². The van der Waals surface area contributed by atoms with Crippen LogP contribution in [0.1, 0.15) is 40.5 Å². The number of urea groups is 1. The van der Waals surface area contributed by atoms with Crippen molar-refractivity contribution >= 4 is 12.0 Å². The summed E-state index contributed by atoms with van der Waals surface area (Å²) in [4.78, 5) is 26.9. The highest BCUT2D eigenvalue weighted by Crippen LogP contribution is 2.12. The SMILES string of the molecule is CC(C)CN(CCN(C)C)C(=O)NC(C)(C)CCC(=O)O. The number of amides is 2. The predicted molar refractivity (Wildman–Crippen MR) is 84.4 cm³/mol. The lowest BCUT2D eigenvalue weighted by molar-refractivity contribution is -0.137. The van der Waals surface area contributed by atoms with E-state index in [1.54, 1.807) is 4.90 Å². The summed E-state index contributed by atoms with van der Waals surface area (Å²) in [5.74, 6) is -0.455. The summed E-state index contributed by atoms with van der Waals surface area (Å²) in [5, 5.41) is 11.7. The Morgan fingerprint density at radius 3 is 2.19 bits per heavy atom. The zero-order valence-corrected chi connectivity index (χ0v) is 14.3. The van der Waals surface area contributed by atoms with Crippen LogP contribution in [0.15, 0.2) is 0 Å². The lowest BCUT2D eigenvalue weighted by Crippen LogP contribution is -2.52. The van der Waals surface area contributed by atoms with E-state index in [0.717, 1.165) is 6.54 Å². The molecule has 2 N–H and O–H groups in total. The Labute approximate surface area is 128 Å². The number of carbonyl (C=O) groups excluding carboxylic acids is 1. The minimum Gasteiger partial charge on any atom is -0.481 e. The quantitative estimate of drug-likeness (QED) is 0.682. The van der Waals surface area contributed by atoms with Gasteiger partial charge in [0.1, 0.15) is 0 Å². The molecule has 0 aliphatic carbocycles. The van der Waals surface area contributed by atoms with Crippen LogP contribution in [-0.2, 0) is 4.79 Å². The van der Waals surface area contributed by atoms with Crippen molar-refractivity contribution in [2.24, 2.45) is 5.92 Å². The van der Waals surface area contributed by atoms with Gasteiger partial charge in [0, 0.05) is 31.6 Å². The second kappa shape index (κ2) is 8.87. The number of likely N-dealkylation sites (N-methyl/N-ethyl adjacent to an activating group) is 1. The molecule has 0 aliphatic rings. The van der Waals surface area contributed by atoms with Crippen LogP contribution < -0.4 is 5.32 Å². The van der Waals surface area contributed by atoms with E-state index in [4.69, 9.17) is 5.11 Å². The Balaban J connectivity index is 4.59. The van der Waals surface area contributed by atoms with Gasteiger partial charge in [0.15, 0.2) is 0 Å². The van der Waals surface area contributed by atoms with Crippen LogP contribution in [-0.4, -0.2) is 66.2 Å². The number of carboxylic acid groups (broad SMARTS) is 1. The Kier molecular flexibility index (Phi) is 8.32. The van der Waals surface area contributed by atoms with E-state index in [2.05, 4.69) is 19.2 Å². The molecule has 0 radical (unpaired) electrons. The van der Waals surface area contributed by atoms with Crippen molar-refractivity contribution in [1.29, 1.82) is 0 Å². The molecule has 0 aromatic carbocycles. The number of rotatable bonds is 9. The molecule has 0 bridgehead atoms. The summed E-state index contributed by atoms with van der Waals surface area (Å²) in [7, 11) is 3.95. The molecular weight excluding hydrogens is 270 g/mol. The first-order valence-corrected chi connectivity index (χ1v) is 7.47. The molecule has 0 saturated carbocycles. The predicted octanol–water partition coefficient (Wildman–Crippen LogP) is 1.86. The lowest BCUT2D eigenvalue weighted by Gasteiger charge is -2.32. The topological polar surface area (TPSA) is 72.9 Å². The van der Waals surface area contributed by atoms with Crippen LogP contribution in [0.3, 0.4) is 0 Å². The summed E-state index contributed by atoms with van der Waals surface area (Å²) in [6.45, 7) is 10.0. The van der Waals surface area contributed by atoms with Crippen LogP contribution in [0, 0.1) is 5.92 Å². The second-order valence-corrected chi connectivity index (χ2v) is 6.85. The summed E-state index contributed by atoms with van der Waals surface area (Å²) < 4.78 is 0. The molecule has 2 amide bonds. The van der Waals surface area contributed by atoms with E-state index >= 15 is 0 Å². The molecule has 21 heavy (non-hydrogen) atoms. The number of hydrogen-bond acceptors (Lipinski definition) is 3. The molecule has 0 aromatic rings. The van der Waals surface area contributed by atoms with Gasteiger partial charge in [0.2, 0.25) is 0 Å². The number of carboxylic acids is 1. The Bertz CT molecular complexity index is 341. The maximum atomic E-state index is 12.4. The average molecular weight is 301 g/mol. The fourth-order valence-electron chi connectivity index (χ4n) is 1.89. The Hall–Kier alpha value is -1.30. The fraction of sp³-hybridized carbons (Fsp3) is 0.867. The molecule has 0 atom stereocenters. The molecule has 0 unspecified atom stereocenters. The summed E-state index contributed by atoms with van der Waals surface area (Å²) in [6.07, 6.45) is 0.465. The van der Waals surface area contributed by atoms with E-state index in [-0.39, 0.29) is 12.5 Å². The highest BCUT2D eigenvalue weighted by Gasteiger charge is 2.24. The van der Waals surface area contributed by atoms with E-state index in [1.165, 1.54) is 0 Å². The van der Waals surface area contributed by atoms with Crippen molar-refractivity contribution < 1.29 is 14.7 Å². The van der Waals surface area contributed by atoms with Crippen molar-refractivity contribution in [1.82, 2.24) is 15.1 Å². The van der Waals surface area contributed by atoms with Crippen LogP contribution in [0.4, 0.5) is 4.79 Å². The van der Waals surface area contributed by atoms with E-state index in [0.29, 0.717) is 25.4 Å². The standard InChI is InChI=1S/C15H31N3O3/c1-12(2)11-18(10-9-17(5)6)14(21)16-15(3,4)8-7-13(19)20/h12H,7-11H2,1-6H3,(H,16,21)(H,19,20). The molecule has 0 heterocycles. The summed E-state index contributed by atoms with van der Waals surface area (Å²) in [5.41, 5.74) is -0.525. The molecule has 0 aromatic heterocycles. The summed E-state index contributed by atoms with van der Waals surface area (Å²) in [6, 6.07) is -0.124. The molecule has 0 fully saturated rings. The number of hydrogen-bond donors (Lipinski definition) is 2. The van der Waals surface area contributed by atoms with Gasteiger partial charge in [-0.1, -0.05) is 13.8 Å². The molecule has 0 spiro atoms. The zero-order chi connectivity index (χ0) is 16.6. The molecule has 6 heteroatoms. The molecular formula is C15H31N3O3.